The number of carbonyl (C=O) groups is 2. The van der Waals surface area contributed by atoms with Gasteiger partial charge >= 0.3 is 11.9 Å². The predicted molar refractivity (Wildman–Crippen MR) is 126 cm³/mol. The average molecular weight is 561 g/mol. The number of halogens is 2. The molecule has 0 spiro atoms. The highest BCUT2D eigenvalue weighted by Gasteiger charge is 2.43. The Morgan fingerprint density at radius 1 is 1.06 bits per heavy atom. The minimum absolute atomic E-state index is 0.00543. The molecule has 1 atom stereocenters. The van der Waals surface area contributed by atoms with E-state index in [4.69, 9.17) is 15.2 Å². The van der Waals surface area contributed by atoms with E-state index in [1.165, 1.54) is 19.1 Å². The molecule has 164 valence electrons. The van der Waals surface area contributed by atoms with Gasteiger partial charge in [0.15, 0.2) is 0 Å². The zero-order valence-electron chi connectivity index (χ0n) is 17.5. The quantitative estimate of drug-likeness (QED) is 0.552. The molecule has 2 aromatic carbocycles. The van der Waals surface area contributed by atoms with Gasteiger partial charge in [-0.2, -0.15) is 5.26 Å². The third-order valence-corrected chi connectivity index (χ3v) is 6.57. The molecular weight excluding hydrogens is 542 g/mol. The Morgan fingerprint density at radius 2 is 1.69 bits per heavy atom. The average Bonchev–Trinajstić information content (AvgIpc) is 2.80. The summed E-state index contributed by atoms with van der Waals surface area (Å²) in [5.41, 5.74) is 8.41. The second-order valence-electron chi connectivity index (χ2n) is 6.89. The van der Waals surface area contributed by atoms with Crippen LogP contribution >= 0.6 is 31.9 Å². The number of aryl methyl sites for hydroxylation is 1. The predicted octanol–water partition coefficient (Wildman–Crippen LogP) is 4.42. The van der Waals surface area contributed by atoms with Crippen molar-refractivity contribution in [3.63, 3.8) is 0 Å². The Kier molecular flexibility index (Phi) is 7.06. The molecule has 2 aromatic rings. The van der Waals surface area contributed by atoms with Gasteiger partial charge in [0, 0.05) is 8.95 Å². The maximum absolute atomic E-state index is 13.0. The molecule has 1 unspecified atom stereocenters. The molecule has 3 rings (SSSR count). The van der Waals surface area contributed by atoms with Gasteiger partial charge in [0.05, 0.1) is 43.0 Å². The summed E-state index contributed by atoms with van der Waals surface area (Å²) in [5, 5.41) is 10.1. The van der Waals surface area contributed by atoms with E-state index in [0.717, 1.165) is 10.0 Å². The van der Waals surface area contributed by atoms with Crippen LogP contribution in [0, 0.1) is 18.3 Å². The Hall–Kier alpha value is -3.09. The van der Waals surface area contributed by atoms with Crippen molar-refractivity contribution in [2.24, 2.45) is 5.73 Å². The van der Waals surface area contributed by atoms with E-state index < -0.39 is 17.9 Å². The van der Waals surface area contributed by atoms with Crippen LogP contribution in [0.4, 0.5) is 5.69 Å². The highest BCUT2D eigenvalue weighted by Crippen LogP contribution is 2.45. The molecule has 2 N–H and O–H groups in total. The second-order valence-corrected chi connectivity index (χ2v) is 8.60. The zero-order valence-corrected chi connectivity index (χ0v) is 20.7. The first-order chi connectivity index (χ1) is 15.3. The summed E-state index contributed by atoms with van der Waals surface area (Å²) in [5.74, 6) is -2.47. The SMILES string of the molecule is COC(=O)C1=C(C(=O)OC)N(c2cc(Br)c(C)cc2Br)C(N)=C(C#N)C1c1ccccc1. The maximum Gasteiger partial charge on any atom is 0.355 e. The topological polar surface area (TPSA) is 106 Å². The standard InChI is InChI=1S/C23H19Br2N3O4/c1-12-9-16(25)17(10-15(12)24)28-20(23(30)32-3)19(22(29)31-2)18(14(11-26)21(28)27)13-7-5-4-6-8-13/h4-10,18H,27H2,1-3H3. The molecule has 1 aliphatic heterocycles. The van der Waals surface area contributed by atoms with Gasteiger partial charge in [0.1, 0.15) is 11.5 Å². The fourth-order valence-electron chi connectivity index (χ4n) is 3.57. The number of carbonyl (C=O) groups excluding carboxylic acids is 2. The van der Waals surface area contributed by atoms with Crippen molar-refractivity contribution in [2.75, 3.05) is 19.1 Å². The molecule has 0 radical (unpaired) electrons. The maximum atomic E-state index is 13.0. The monoisotopic (exact) mass is 559 g/mol. The number of nitrogens with zero attached hydrogens (tertiary/aromatic N) is 2. The summed E-state index contributed by atoms with van der Waals surface area (Å²) in [6, 6.07) is 14.5. The first-order valence-corrected chi connectivity index (χ1v) is 11.0. The summed E-state index contributed by atoms with van der Waals surface area (Å²) in [6.45, 7) is 1.90. The molecule has 1 aliphatic rings. The van der Waals surface area contributed by atoms with Crippen molar-refractivity contribution in [2.45, 2.75) is 12.8 Å². The van der Waals surface area contributed by atoms with E-state index in [2.05, 4.69) is 37.9 Å². The lowest BCUT2D eigenvalue weighted by atomic mass is 9.81. The number of rotatable bonds is 4. The van der Waals surface area contributed by atoms with Gasteiger partial charge in [0.25, 0.3) is 0 Å². The number of hydrogen-bond acceptors (Lipinski definition) is 7. The highest BCUT2D eigenvalue weighted by atomic mass is 79.9. The van der Waals surface area contributed by atoms with Gasteiger partial charge in [0.2, 0.25) is 0 Å². The molecule has 0 amide bonds. The molecule has 0 bridgehead atoms. The summed E-state index contributed by atoms with van der Waals surface area (Å²) in [7, 11) is 2.42. The summed E-state index contributed by atoms with van der Waals surface area (Å²) in [6.07, 6.45) is 0. The number of anilines is 1. The number of hydrogen-bond donors (Lipinski definition) is 1. The molecule has 0 aromatic heterocycles. The van der Waals surface area contributed by atoms with Crippen LogP contribution in [0.3, 0.4) is 0 Å². The number of benzene rings is 2. The van der Waals surface area contributed by atoms with Crippen molar-refractivity contribution in [1.82, 2.24) is 0 Å². The number of nitriles is 1. The highest BCUT2D eigenvalue weighted by molar-refractivity contribution is 9.11. The van der Waals surface area contributed by atoms with Crippen LogP contribution in [0.2, 0.25) is 0 Å². The first kappa shape index (κ1) is 23.6. The number of ether oxygens (including phenoxy) is 2. The summed E-state index contributed by atoms with van der Waals surface area (Å²) < 4.78 is 11.4. The van der Waals surface area contributed by atoms with E-state index in [-0.39, 0.29) is 22.7 Å². The van der Waals surface area contributed by atoms with Crippen molar-refractivity contribution in [3.05, 3.63) is 85.2 Å². The third-order valence-electron chi connectivity index (χ3n) is 5.08. The minimum Gasteiger partial charge on any atom is -0.466 e. The van der Waals surface area contributed by atoms with Gasteiger partial charge in [-0.05, 0) is 46.1 Å². The lowest BCUT2D eigenvalue weighted by Gasteiger charge is -2.36. The normalized spacial score (nSPS) is 16.0. The van der Waals surface area contributed by atoms with Crippen LogP contribution in [-0.4, -0.2) is 26.2 Å². The minimum atomic E-state index is -0.910. The zero-order chi connectivity index (χ0) is 23.6. The lowest BCUT2D eigenvalue weighted by Crippen LogP contribution is -2.41. The van der Waals surface area contributed by atoms with Crippen molar-refractivity contribution < 1.29 is 19.1 Å². The van der Waals surface area contributed by atoms with Crippen LogP contribution in [0.1, 0.15) is 17.0 Å². The smallest absolute Gasteiger partial charge is 0.355 e. The second kappa shape index (κ2) is 9.59. The van der Waals surface area contributed by atoms with Crippen molar-refractivity contribution in [3.8, 4) is 6.07 Å². The molecule has 0 aliphatic carbocycles. The van der Waals surface area contributed by atoms with E-state index >= 15 is 0 Å². The lowest BCUT2D eigenvalue weighted by molar-refractivity contribution is -0.139. The van der Waals surface area contributed by atoms with Crippen LogP contribution in [0.25, 0.3) is 0 Å². The summed E-state index contributed by atoms with van der Waals surface area (Å²) >= 11 is 6.99. The molecule has 32 heavy (non-hydrogen) atoms. The largest absolute Gasteiger partial charge is 0.466 e. The van der Waals surface area contributed by atoms with Gasteiger partial charge in [-0.25, -0.2) is 9.59 Å². The van der Waals surface area contributed by atoms with Crippen LogP contribution in [0.15, 0.2) is 74.1 Å². The van der Waals surface area contributed by atoms with Crippen LogP contribution in [-0.2, 0) is 19.1 Å². The number of nitrogens with two attached hydrogens (primary N) is 1. The van der Waals surface area contributed by atoms with E-state index in [0.29, 0.717) is 15.7 Å². The molecule has 0 fully saturated rings. The number of esters is 2. The molecular formula is C23H19Br2N3O4. The number of methoxy groups -OCH3 is 2. The fourth-order valence-corrected chi connectivity index (χ4v) is 4.54. The molecule has 0 saturated heterocycles. The van der Waals surface area contributed by atoms with Crippen molar-refractivity contribution in [1.29, 1.82) is 5.26 Å². The summed E-state index contributed by atoms with van der Waals surface area (Å²) in [4.78, 5) is 27.4. The van der Waals surface area contributed by atoms with Crippen molar-refractivity contribution >= 4 is 49.5 Å². The Bertz CT molecular complexity index is 1200. The molecule has 7 nitrogen and oxygen atoms in total. The first-order valence-electron chi connectivity index (χ1n) is 9.38. The fraction of sp³-hybridized carbons (Fsp3) is 0.174. The third kappa shape index (κ3) is 4.04. The van der Waals surface area contributed by atoms with Gasteiger partial charge < -0.3 is 15.2 Å². The molecule has 9 heteroatoms. The Balaban J connectivity index is 2.46. The van der Waals surface area contributed by atoms with E-state index in [1.807, 2.05) is 13.0 Å². The van der Waals surface area contributed by atoms with Gasteiger partial charge in [-0.15, -0.1) is 0 Å². The Morgan fingerprint density at radius 3 is 2.25 bits per heavy atom. The van der Waals surface area contributed by atoms with E-state index in [1.54, 1.807) is 36.4 Å². The van der Waals surface area contributed by atoms with Gasteiger partial charge in [-0.3, -0.25) is 4.90 Å². The number of allylic oxidation sites excluding steroid dienone is 1. The Labute approximate surface area is 202 Å². The van der Waals surface area contributed by atoms with Crippen LogP contribution in [0.5, 0.6) is 0 Å². The molecule has 0 saturated carbocycles. The van der Waals surface area contributed by atoms with Crippen LogP contribution < -0.4 is 10.6 Å². The molecule has 1 heterocycles. The van der Waals surface area contributed by atoms with E-state index in [9.17, 15) is 14.9 Å². The van der Waals surface area contributed by atoms with Gasteiger partial charge in [-0.1, -0.05) is 46.3 Å².